The number of benzene rings is 1. The summed E-state index contributed by atoms with van der Waals surface area (Å²) in [4.78, 5) is 14.3. The molecule has 104 valence electrons. The predicted octanol–water partition coefficient (Wildman–Crippen LogP) is 2.87. The molecule has 19 heavy (non-hydrogen) atoms. The minimum atomic E-state index is -0.533. The molecule has 1 aliphatic carbocycles. The van der Waals surface area contributed by atoms with E-state index in [1.165, 1.54) is 25.7 Å². The van der Waals surface area contributed by atoms with E-state index in [1.54, 1.807) is 0 Å². The van der Waals surface area contributed by atoms with Gasteiger partial charge in [0.05, 0.1) is 0 Å². The second-order valence-electron chi connectivity index (χ2n) is 5.48. The molecule has 1 saturated carbocycles. The van der Waals surface area contributed by atoms with Crippen LogP contribution in [0.5, 0.6) is 0 Å². The van der Waals surface area contributed by atoms with Gasteiger partial charge < -0.3 is 10.6 Å². The Morgan fingerprint density at radius 1 is 1.16 bits per heavy atom. The van der Waals surface area contributed by atoms with Gasteiger partial charge in [0.1, 0.15) is 6.04 Å². The lowest BCUT2D eigenvalue weighted by atomic mass is 10.0. The number of carbonyl (C=O) groups is 1. The fourth-order valence-electron chi connectivity index (χ4n) is 2.85. The van der Waals surface area contributed by atoms with Crippen molar-refractivity contribution in [3.05, 3.63) is 35.9 Å². The third-order valence-electron chi connectivity index (χ3n) is 4.14. The molecule has 0 aliphatic heterocycles. The van der Waals surface area contributed by atoms with Crippen molar-refractivity contribution in [3.63, 3.8) is 0 Å². The highest BCUT2D eigenvalue weighted by Crippen LogP contribution is 2.23. The first kappa shape index (κ1) is 14.1. The maximum Gasteiger partial charge on any atom is 0.244 e. The zero-order valence-corrected chi connectivity index (χ0v) is 11.7. The summed E-state index contributed by atoms with van der Waals surface area (Å²) in [5, 5.41) is 0. The smallest absolute Gasteiger partial charge is 0.244 e. The highest BCUT2D eigenvalue weighted by atomic mass is 16.2. The largest absolute Gasteiger partial charge is 0.341 e. The second kappa shape index (κ2) is 6.71. The van der Waals surface area contributed by atoms with Crippen molar-refractivity contribution in [3.8, 4) is 0 Å². The Balaban J connectivity index is 2.01. The summed E-state index contributed by atoms with van der Waals surface area (Å²) < 4.78 is 0. The fraction of sp³-hybridized carbons (Fsp3) is 0.562. The van der Waals surface area contributed by atoms with Crippen LogP contribution in [0.1, 0.15) is 50.1 Å². The SMILES string of the molecule is CN(C(=O)[C@H](N)c1ccccc1)C1CCCCCC1. The minimum Gasteiger partial charge on any atom is -0.341 e. The van der Waals surface area contributed by atoms with Gasteiger partial charge in [-0.05, 0) is 18.4 Å². The van der Waals surface area contributed by atoms with Gasteiger partial charge in [-0.25, -0.2) is 0 Å². The van der Waals surface area contributed by atoms with E-state index in [-0.39, 0.29) is 5.91 Å². The molecule has 1 fully saturated rings. The summed E-state index contributed by atoms with van der Waals surface area (Å²) in [6.45, 7) is 0. The Labute approximate surface area is 115 Å². The summed E-state index contributed by atoms with van der Waals surface area (Å²) in [6.07, 6.45) is 7.27. The van der Waals surface area contributed by atoms with E-state index >= 15 is 0 Å². The third kappa shape index (κ3) is 3.57. The quantitative estimate of drug-likeness (QED) is 0.849. The normalized spacial score (nSPS) is 18.6. The van der Waals surface area contributed by atoms with E-state index in [4.69, 9.17) is 5.73 Å². The number of amides is 1. The highest BCUT2D eigenvalue weighted by Gasteiger charge is 2.25. The lowest BCUT2D eigenvalue weighted by molar-refractivity contribution is -0.133. The van der Waals surface area contributed by atoms with Gasteiger partial charge in [0.15, 0.2) is 0 Å². The molecule has 0 bridgehead atoms. The maximum absolute atomic E-state index is 12.5. The first-order chi connectivity index (χ1) is 9.20. The first-order valence-electron chi connectivity index (χ1n) is 7.27. The Morgan fingerprint density at radius 3 is 2.32 bits per heavy atom. The van der Waals surface area contributed by atoms with Crippen molar-refractivity contribution < 1.29 is 4.79 Å². The van der Waals surface area contributed by atoms with Gasteiger partial charge in [0.25, 0.3) is 0 Å². The Hall–Kier alpha value is -1.35. The van der Waals surface area contributed by atoms with Crippen LogP contribution < -0.4 is 5.73 Å². The number of rotatable bonds is 3. The third-order valence-corrected chi connectivity index (χ3v) is 4.14. The van der Waals surface area contributed by atoms with Gasteiger partial charge in [-0.3, -0.25) is 4.79 Å². The van der Waals surface area contributed by atoms with Crippen molar-refractivity contribution in [1.82, 2.24) is 4.90 Å². The van der Waals surface area contributed by atoms with Crippen LogP contribution in [0.25, 0.3) is 0 Å². The average molecular weight is 260 g/mol. The van der Waals surface area contributed by atoms with Crippen LogP contribution in [0.2, 0.25) is 0 Å². The van der Waals surface area contributed by atoms with E-state index in [0.29, 0.717) is 6.04 Å². The highest BCUT2D eigenvalue weighted by molar-refractivity contribution is 5.83. The van der Waals surface area contributed by atoms with Crippen LogP contribution in [-0.2, 0) is 4.79 Å². The van der Waals surface area contributed by atoms with Gasteiger partial charge in [-0.15, -0.1) is 0 Å². The number of nitrogens with two attached hydrogens (primary N) is 1. The molecule has 0 heterocycles. The molecule has 0 aromatic heterocycles. The van der Waals surface area contributed by atoms with Crippen molar-refractivity contribution in [2.24, 2.45) is 5.73 Å². The van der Waals surface area contributed by atoms with Crippen molar-refractivity contribution in [2.45, 2.75) is 50.6 Å². The monoisotopic (exact) mass is 260 g/mol. The zero-order chi connectivity index (χ0) is 13.7. The van der Waals surface area contributed by atoms with Crippen molar-refractivity contribution in [2.75, 3.05) is 7.05 Å². The van der Waals surface area contributed by atoms with E-state index in [1.807, 2.05) is 42.3 Å². The standard InChI is InChI=1S/C16H24N2O/c1-18(14-11-7-2-3-8-12-14)16(19)15(17)13-9-5-4-6-10-13/h4-6,9-10,14-15H,2-3,7-8,11-12,17H2,1H3/t15-/m1/s1. The number of hydrogen-bond acceptors (Lipinski definition) is 2. The van der Waals surface area contributed by atoms with Crippen LogP contribution in [0, 0.1) is 0 Å². The summed E-state index contributed by atoms with van der Waals surface area (Å²) in [7, 11) is 1.90. The van der Waals surface area contributed by atoms with E-state index in [0.717, 1.165) is 18.4 Å². The molecule has 1 atom stereocenters. The predicted molar refractivity (Wildman–Crippen MR) is 77.6 cm³/mol. The molecule has 3 nitrogen and oxygen atoms in total. The second-order valence-corrected chi connectivity index (χ2v) is 5.48. The minimum absolute atomic E-state index is 0.0399. The summed E-state index contributed by atoms with van der Waals surface area (Å²) in [6, 6.07) is 9.46. The molecule has 0 radical (unpaired) electrons. The van der Waals surface area contributed by atoms with Crippen LogP contribution >= 0.6 is 0 Å². The van der Waals surface area contributed by atoms with E-state index in [2.05, 4.69) is 0 Å². The summed E-state index contributed by atoms with van der Waals surface area (Å²) in [5.74, 6) is 0.0399. The van der Waals surface area contributed by atoms with E-state index < -0.39 is 6.04 Å². The van der Waals surface area contributed by atoms with Gasteiger partial charge >= 0.3 is 0 Å². The van der Waals surface area contributed by atoms with Gasteiger partial charge in [-0.2, -0.15) is 0 Å². The summed E-state index contributed by atoms with van der Waals surface area (Å²) >= 11 is 0. The lowest BCUT2D eigenvalue weighted by Gasteiger charge is -2.29. The molecule has 1 aromatic rings. The Kier molecular flexibility index (Phi) is 4.97. The van der Waals surface area contributed by atoms with Crippen LogP contribution in [-0.4, -0.2) is 23.9 Å². The number of likely N-dealkylation sites (N-methyl/N-ethyl adjacent to an activating group) is 1. The van der Waals surface area contributed by atoms with Gasteiger partial charge in [0.2, 0.25) is 5.91 Å². The molecule has 1 amide bonds. The molecular weight excluding hydrogens is 236 g/mol. The molecule has 1 aromatic carbocycles. The number of carbonyl (C=O) groups excluding carboxylic acids is 1. The molecule has 3 heteroatoms. The molecule has 1 aliphatic rings. The van der Waals surface area contributed by atoms with Gasteiger partial charge in [0, 0.05) is 13.1 Å². The van der Waals surface area contributed by atoms with Crippen LogP contribution in [0.4, 0.5) is 0 Å². The number of nitrogens with zero attached hydrogens (tertiary/aromatic N) is 1. The molecular formula is C16H24N2O. The van der Waals surface area contributed by atoms with Crippen molar-refractivity contribution in [1.29, 1.82) is 0 Å². The molecule has 0 spiro atoms. The first-order valence-corrected chi connectivity index (χ1v) is 7.27. The Bertz CT molecular complexity index is 396. The molecule has 0 saturated heterocycles. The topological polar surface area (TPSA) is 46.3 Å². The molecule has 2 N–H and O–H groups in total. The Morgan fingerprint density at radius 2 is 1.74 bits per heavy atom. The zero-order valence-electron chi connectivity index (χ0n) is 11.7. The average Bonchev–Trinajstić information content (AvgIpc) is 2.75. The van der Waals surface area contributed by atoms with Gasteiger partial charge in [-0.1, -0.05) is 56.0 Å². The lowest BCUT2D eigenvalue weighted by Crippen LogP contribution is -2.42. The maximum atomic E-state index is 12.5. The van der Waals surface area contributed by atoms with Crippen molar-refractivity contribution >= 4 is 5.91 Å². The molecule has 0 unspecified atom stereocenters. The van der Waals surface area contributed by atoms with E-state index in [9.17, 15) is 4.79 Å². The van der Waals surface area contributed by atoms with Crippen LogP contribution in [0.3, 0.4) is 0 Å². The van der Waals surface area contributed by atoms with Crippen LogP contribution in [0.15, 0.2) is 30.3 Å². The molecule has 2 rings (SSSR count). The fourth-order valence-corrected chi connectivity index (χ4v) is 2.85. The number of hydrogen-bond donors (Lipinski definition) is 1. The summed E-state index contributed by atoms with van der Waals surface area (Å²) in [5.41, 5.74) is 6.99.